The van der Waals surface area contributed by atoms with Crippen molar-refractivity contribution < 1.29 is 18.7 Å². The van der Waals surface area contributed by atoms with Crippen molar-refractivity contribution in [1.29, 1.82) is 0 Å². The highest BCUT2D eigenvalue weighted by molar-refractivity contribution is 7.14. The van der Waals surface area contributed by atoms with E-state index in [0.29, 0.717) is 15.8 Å². The number of ketones is 1. The van der Waals surface area contributed by atoms with Crippen molar-refractivity contribution in [2.45, 2.75) is 26.4 Å². The van der Waals surface area contributed by atoms with E-state index in [0.717, 1.165) is 10.4 Å². The molecular formula is C18H15ClN2O4S. The van der Waals surface area contributed by atoms with Crippen molar-refractivity contribution in [1.82, 2.24) is 10.2 Å². The van der Waals surface area contributed by atoms with Crippen LogP contribution in [0.25, 0.3) is 11.5 Å². The topological polar surface area (TPSA) is 82.3 Å². The van der Waals surface area contributed by atoms with Gasteiger partial charge in [-0.25, -0.2) is 0 Å². The second-order valence-corrected chi connectivity index (χ2v) is 7.23. The first-order valence-electron chi connectivity index (χ1n) is 7.85. The number of esters is 1. The zero-order chi connectivity index (χ0) is 18.5. The molecule has 1 aromatic carbocycles. The third kappa shape index (κ3) is 4.77. The lowest BCUT2D eigenvalue weighted by molar-refractivity contribution is -0.145. The van der Waals surface area contributed by atoms with Crippen molar-refractivity contribution in [3.05, 3.63) is 57.1 Å². The summed E-state index contributed by atoms with van der Waals surface area (Å²) in [5.41, 5.74) is 0.719. The predicted molar refractivity (Wildman–Crippen MR) is 97.2 cm³/mol. The van der Waals surface area contributed by atoms with Crippen LogP contribution in [-0.2, 0) is 16.1 Å². The summed E-state index contributed by atoms with van der Waals surface area (Å²) in [5.74, 6) is -0.0554. The summed E-state index contributed by atoms with van der Waals surface area (Å²) in [4.78, 5) is 25.5. The molecule has 3 rings (SSSR count). The molecule has 0 unspecified atom stereocenters. The summed E-state index contributed by atoms with van der Waals surface area (Å²) in [6, 6.07) is 10.6. The van der Waals surface area contributed by atoms with Crippen molar-refractivity contribution in [3.63, 3.8) is 0 Å². The molecule has 0 saturated carbocycles. The van der Waals surface area contributed by atoms with Gasteiger partial charge in [-0.3, -0.25) is 9.59 Å². The van der Waals surface area contributed by atoms with E-state index in [1.54, 1.807) is 30.3 Å². The molecule has 134 valence electrons. The molecule has 0 spiro atoms. The lowest BCUT2D eigenvalue weighted by Gasteiger charge is -2.01. The van der Waals surface area contributed by atoms with Crippen LogP contribution in [0.15, 0.2) is 40.8 Å². The van der Waals surface area contributed by atoms with E-state index >= 15 is 0 Å². The van der Waals surface area contributed by atoms with Crippen LogP contribution < -0.4 is 0 Å². The average Bonchev–Trinajstić information content (AvgIpc) is 3.27. The fraction of sp³-hybridized carbons (Fsp3) is 0.222. The van der Waals surface area contributed by atoms with Gasteiger partial charge in [0, 0.05) is 21.9 Å². The number of carbonyl (C=O) groups excluding carboxylic acids is 2. The third-order valence-corrected chi connectivity index (χ3v) is 4.78. The number of rotatable bonds is 7. The molecule has 0 fully saturated rings. The number of ether oxygens (including phenoxy) is 1. The molecule has 8 heteroatoms. The van der Waals surface area contributed by atoms with Crippen LogP contribution >= 0.6 is 22.9 Å². The molecule has 0 aliphatic heterocycles. The van der Waals surface area contributed by atoms with E-state index in [-0.39, 0.29) is 31.1 Å². The van der Waals surface area contributed by atoms with Crippen LogP contribution in [0.4, 0.5) is 0 Å². The van der Waals surface area contributed by atoms with Gasteiger partial charge in [0.15, 0.2) is 12.4 Å². The Bertz CT molecular complexity index is 917. The number of nitrogens with zero attached hydrogens (tertiary/aromatic N) is 2. The number of aromatic nitrogens is 2. The summed E-state index contributed by atoms with van der Waals surface area (Å²) >= 11 is 7.25. The van der Waals surface area contributed by atoms with Gasteiger partial charge < -0.3 is 9.15 Å². The normalized spacial score (nSPS) is 10.7. The van der Waals surface area contributed by atoms with Gasteiger partial charge >= 0.3 is 5.97 Å². The van der Waals surface area contributed by atoms with Crippen LogP contribution in [0.1, 0.15) is 33.3 Å². The zero-order valence-electron chi connectivity index (χ0n) is 13.9. The van der Waals surface area contributed by atoms with E-state index in [1.165, 1.54) is 11.3 Å². The average molecular weight is 391 g/mol. The maximum Gasteiger partial charge on any atom is 0.306 e. The molecule has 0 atom stereocenters. The summed E-state index contributed by atoms with van der Waals surface area (Å²) in [6.07, 6.45) is 0.118. The Labute approximate surface area is 158 Å². The molecule has 0 aliphatic carbocycles. The number of Topliss-reactive ketones (excluding diaryl/α,β-unsaturated/α-hetero) is 1. The molecule has 0 aliphatic rings. The first-order chi connectivity index (χ1) is 12.5. The van der Waals surface area contributed by atoms with Gasteiger partial charge in [0.2, 0.25) is 5.89 Å². The molecule has 0 saturated heterocycles. The quantitative estimate of drug-likeness (QED) is 0.437. The number of halogens is 1. The maximum atomic E-state index is 12.0. The minimum Gasteiger partial charge on any atom is -0.456 e. The number of benzene rings is 1. The highest BCUT2D eigenvalue weighted by atomic mass is 35.5. The Morgan fingerprint density at radius 1 is 1.12 bits per heavy atom. The first kappa shape index (κ1) is 18.3. The smallest absolute Gasteiger partial charge is 0.306 e. The number of carbonyl (C=O) groups is 2. The summed E-state index contributed by atoms with van der Waals surface area (Å²) in [5, 5.41) is 8.35. The van der Waals surface area contributed by atoms with Gasteiger partial charge in [0.1, 0.15) is 0 Å². The number of hydrogen-bond donors (Lipinski definition) is 0. The summed E-state index contributed by atoms with van der Waals surface area (Å²) in [7, 11) is 0. The molecule has 0 bridgehead atoms. The zero-order valence-corrected chi connectivity index (χ0v) is 15.5. The molecule has 3 aromatic rings. The Hall–Kier alpha value is -2.51. The van der Waals surface area contributed by atoms with Crippen molar-refractivity contribution >= 4 is 34.7 Å². The lowest BCUT2D eigenvalue weighted by Crippen LogP contribution is -2.07. The highest BCUT2D eigenvalue weighted by Crippen LogP contribution is 2.21. The van der Waals surface area contributed by atoms with Crippen LogP contribution in [-0.4, -0.2) is 21.9 Å². The van der Waals surface area contributed by atoms with Crippen molar-refractivity contribution in [2.24, 2.45) is 0 Å². The standard InChI is InChI=1S/C18H15ClN2O4S/c1-11-2-8-15(26-11)14(22)7-9-17(23)24-10-16-20-21-18(25-16)12-3-5-13(19)6-4-12/h2-6,8H,7,9-10H2,1H3. The molecule has 2 aromatic heterocycles. The number of aryl methyl sites for hydroxylation is 1. The monoisotopic (exact) mass is 390 g/mol. The minimum atomic E-state index is -0.488. The van der Waals surface area contributed by atoms with Crippen LogP contribution in [0.3, 0.4) is 0 Å². The van der Waals surface area contributed by atoms with Gasteiger partial charge in [-0.1, -0.05) is 11.6 Å². The van der Waals surface area contributed by atoms with E-state index in [4.69, 9.17) is 20.8 Å². The van der Waals surface area contributed by atoms with E-state index < -0.39 is 5.97 Å². The fourth-order valence-corrected chi connectivity index (χ4v) is 3.12. The van der Waals surface area contributed by atoms with Gasteiger partial charge in [-0.2, -0.15) is 0 Å². The second-order valence-electron chi connectivity index (χ2n) is 5.50. The number of thiophene rings is 1. The van der Waals surface area contributed by atoms with Crippen LogP contribution in [0.5, 0.6) is 0 Å². The third-order valence-electron chi connectivity index (χ3n) is 3.49. The summed E-state index contributed by atoms with van der Waals surface area (Å²) in [6.45, 7) is 1.80. The Morgan fingerprint density at radius 3 is 2.58 bits per heavy atom. The molecule has 0 radical (unpaired) electrons. The first-order valence-corrected chi connectivity index (χ1v) is 9.04. The Kier molecular flexibility index (Phi) is 5.80. The molecule has 26 heavy (non-hydrogen) atoms. The predicted octanol–water partition coefficient (Wildman–Crippen LogP) is 4.47. The highest BCUT2D eigenvalue weighted by Gasteiger charge is 2.14. The Balaban J connectivity index is 1.47. The van der Waals surface area contributed by atoms with E-state index in [2.05, 4.69) is 10.2 Å². The molecule has 2 heterocycles. The SMILES string of the molecule is Cc1ccc(C(=O)CCC(=O)OCc2nnc(-c3ccc(Cl)cc3)o2)s1. The lowest BCUT2D eigenvalue weighted by atomic mass is 10.2. The number of hydrogen-bond acceptors (Lipinski definition) is 7. The molecule has 0 N–H and O–H groups in total. The van der Waals surface area contributed by atoms with Crippen molar-refractivity contribution in [2.75, 3.05) is 0 Å². The fourth-order valence-electron chi connectivity index (χ4n) is 2.16. The van der Waals surface area contributed by atoms with E-state index in [9.17, 15) is 9.59 Å². The van der Waals surface area contributed by atoms with Gasteiger partial charge in [-0.15, -0.1) is 21.5 Å². The minimum absolute atomic E-state index is 0.00790. The van der Waals surface area contributed by atoms with E-state index in [1.807, 2.05) is 13.0 Å². The molecular weight excluding hydrogens is 376 g/mol. The van der Waals surface area contributed by atoms with Crippen LogP contribution in [0, 0.1) is 6.92 Å². The summed E-state index contributed by atoms with van der Waals surface area (Å²) < 4.78 is 10.5. The maximum absolute atomic E-state index is 12.0. The van der Waals surface area contributed by atoms with Crippen molar-refractivity contribution in [3.8, 4) is 11.5 Å². The second kappa shape index (κ2) is 8.25. The largest absolute Gasteiger partial charge is 0.456 e. The van der Waals surface area contributed by atoms with Gasteiger partial charge in [-0.05, 0) is 43.3 Å². The van der Waals surface area contributed by atoms with Gasteiger partial charge in [0.05, 0.1) is 11.3 Å². The Morgan fingerprint density at radius 2 is 1.88 bits per heavy atom. The van der Waals surface area contributed by atoms with Gasteiger partial charge in [0.25, 0.3) is 5.89 Å². The van der Waals surface area contributed by atoms with Crippen LogP contribution in [0.2, 0.25) is 5.02 Å². The molecule has 0 amide bonds. The molecule has 6 nitrogen and oxygen atoms in total.